The van der Waals surface area contributed by atoms with Crippen LogP contribution >= 0.6 is 0 Å². The van der Waals surface area contributed by atoms with Crippen molar-refractivity contribution in [3.8, 4) is 0 Å². The van der Waals surface area contributed by atoms with Gasteiger partial charge in [-0.1, -0.05) is 0 Å². The number of piperidine rings is 1. The van der Waals surface area contributed by atoms with Gasteiger partial charge in [-0.15, -0.1) is 0 Å². The Morgan fingerprint density at radius 3 is 2.56 bits per heavy atom. The van der Waals surface area contributed by atoms with E-state index in [4.69, 9.17) is 4.74 Å². The average molecular weight is 255 g/mol. The maximum atomic E-state index is 12.4. The summed E-state index contributed by atoms with van der Waals surface area (Å²) in [5, 5.41) is 2.59. The number of carbonyl (C=O) groups excluding carboxylic acids is 2. The van der Waals surface area contributed by atoms with Crippen LogP contribution in [0.4, 0.5) is 4.79 Å². The van der Waals surface area contributed by atoms with Gasteiger partial charge in [0, 0.05) is 26.7 Å². The Labute approximate surface area is 107 Å². The zero-order valence-electron chi connectivity index (χ0n) is 10.9. The van der Waals surface area contributed by atoms with Crippen LogP contribution in [0.15, 0.2) is 0 Å². The number of nitrogens with one attached hydrogen (secondary N) is 1. The quantitative estimate of drug-likeness (QED) is 0.719. The van der Waals surface area contributed by atoms with Crippen molar-refractivity contribution in [3.63, 3.8) is 0 Å². The molecule has 0 aromatic rings. The van der Waals surface area contributed by atoms with Crippen molar-refractivity contribution in [3.05, 3.63) is 0 Å². The maximum absolute atomic E-state index is 12.4. The fourth-order valence-corrected chi connectivity index (χ4v) is 2.48. The van der Waals surface area contributed by atoms with Crippen molar-refractivity contribution in [1.82, 2.24) is 15.1 Å². The Morgan fingerprint density at radius 1 is 1.17 bits per heavy atom. The number of hydrogen-bond acceptors (Lipinski definition) is 3. The minimum absolute atomic E-state index is 0.0217. The molecule has 0 aromatic heterocycles. The van der Waals surface area contributed by atoms with Gasteiger partial charge in [-0.05, 0) is 19.3 Å². The molecule has 0 aromatic carbocycles. The highest BCUT2D eigenvalue weighted by molar-refractivity contribution is 5.87. The van der Waals surface area contributed by atoms with Gasteiger partial charge in [-0.2, -0.15) is 0 Å². The molecule has 2 saturated heterocycles. The molecule has 2 heterocycles. The third-order valence-electron chi connectivity index (χ3n) is 3.55. The lowest BCUT2D eigenvalue weighted by molar-refractivity contribution is -0.130. The predicted octanol–water partition coefficient (Wildman–Crippen LogP) is 0.0391. The van der Waals surface area contributed by atoms with E-state index < -0.39 is 6.04 Å². The molecule has 0 radical (unpaired) electrons. The van der Waals surface area contributed by atoms with Gasteiger partial charge in [0.05, 0.1) is 13.2 Å². The van der Waals surface area contributed by atoms with Crippen LogP contribution < -0.4 is 5.32 Å². The summed E-state index contributed by atoms with van der Waals surface area (Å²) in [6.45, 7) is 2.90. The lowest BCUT2D eigenvalue weighted by Gasteiger charge is -2.38. The molecule has 2 aliphatic rings. The zero-order chi connectivity index (χ0) is 13.0. The molecule has 1 N–H and O–H groups in total. The number of carbonyl (C=O) groups is 2. The lowest BCUT2D eigenvalue weighted by Crippen LogP contribution is -2.59. The number of likely N-dealkylation sites (N-methyl/N-ethyl adjacent to an activating group) is 1. The Balaban J connectivity index is 2.03. The van der Waals surface area contributed by atoms with Gasteiger partial charge in [-0.3, -0.25) is 4.79 Å². The Morgan fingerprint density at radius 2 is 1.89 bits per heavy atom. The molecule has 18 heavy (non-hydrogen) atoms. The maximum Gasteiger partial charge on any atom is 0.320 e. The molecule has 2 fully saturated rings. The summed E-state index contributed by atoms with van der Waals surface area (Å²) in [6, 6.07) is -0.509. The van der Waals surface area contributed by atoms with Crippen LogP contribution in [-0.4, -0.2) is 67.7 Å². The first-order valence-electron chi connectivity index (χ1n) is 6.59. The topological polar surface area (TPSA) is 61.9 Å². The molecule has 0 aliphatic carbocycles. The monoisotopic (exact) mass is 255 g/mol. The molecule has 0 saturated carbocycles. The first-order valence-corrected chi connectivity index (χ1v) is 6.59. The van der Waals surface area contributed by atoms with E-state index in [1.165, 1.54) is 6.42 Å². The van der Waals surface area contributed by atoms with E-state index in [0.29, 0.717) is 19.8 Å². The van der Waals surface area contributed by atoms with E-state index in [1.807, 2.05) is 4.90 Å². The van der Waals surface area contributed by atoms with Gasteiger partial charge in [0.25, 0.3) is 0 Å². The molecule has 2 aliphatic heterocycles. The largest absolute Gasteiger partial charge is 0.377 e. The molecule has 102 valence electrons. The second-order valence-corrected chi connectivity index (χ2v) is 4.73. The average Bonchev–Trinajstić information content (AvgIpc) is 2.46. The molecule has 0 spiro atoms. The predicted molar refractivity (Wildman–Crippen MR) is 66.2 cm³/mol. The number of likely N-dealkylation sites (tertiary alicyclic amines) is 1. The number of amides is 3. The van der Waals surface area contributed by atoms with Crippen molar-refractivity contribution in [2.75, 3.05) is 39.9 Å². The number of urea groups is 1. The first-order chi connectivity index (χ1) is 8.74. The van der Waals surface area contributed by atoms with Gasteiger partial charge in [-0.25, -0.2) is 4.79 Å². The van der Waals surface area contributed by atoms with E-state index in [1.54, 1.807) is 11.9 Å². The lowest BCUT2D eigenvalue weighted by atomic mass is 10.1. The van der Waals surface area contributed by atoms with Crippen LogP contribution in [0, 0.1) is 0 Å². The second kappa shape index (κ2) is 6.04. The van der Waals surface area contributed by atoms with Crippen molar-refractivity contribution >= 4 is 11.9 Å². The fraction of sp³-hybridized carbons (Fsp3) is 0.833. The highest BCUT2D eigenvalue weighted by Crippen LogP contribution is 2.15. The number of rotatable bonds is 1. The van der Waals surface area contributed by atoms with Gasteiger partial charge in [0.1, 0.15) is 6.04 Å². The first kappa shape index (κ1) is 13.1. The normalized spacial score (nSPS) is 24.8. The van der Waals surface area contributed by atoms with E-state index >= 15 is 0 Å². The SMILES string of the molecule is CNC(=O)C1COCCN1C(=O)N1CCCCC1. The Hall–Kier alpha value is -1.30. The van der Waals surface area contributed by atoms with Crippen LogP contribution in [0.25, 0.3) is 0 Å². The van der Waals surface area contributed by atoms with Crippen LogP contribution in [0.2, 0.25) is 0 Å². The van der Waals surface area contributed by atoms with Crippen molar-refractivity contribution in [1.29, 1.82) is 0 Å². The van der Waals surface area contributed by atoms with Crippen molar-refractivity contribution < 1.29 is 14.3 Å². The van der Waals surface area contributed by atoms with Gasteiger partial charge >= 0.3 is 6.03 Å². The molecule has 6 heteroatoms. The fourth-order valence-electron chi connectivity index (χ4n) is 2.48. The molecule has 1 atom stereocenters. The zero-order valence-corrected chi connectivity index (χ0v) is 10.9. The van der Waals surface area contributed by atoms with Crippen LogP contribution in [0.1, 0.15) is 19.3 Å². The summed E-state index contributed by atoms with van der Waals surface area (Å²) in [6.07, 6.45) is 3.30. The highest BCUT2D eigenvalue weighted by atomic mass is 16.5. The number of ether oxygens (including phenoxy) is 1. The van der Waals surface area contributed by atoms with Crippen molar-refractivity contribution in [2.45, 2.75) is 25.3 Å². The third kappa shape index (κ3) is 2.75. The minimum atomic E-state index is -0.488. The molecule has 6 nitrogen and oxygen atoms in total. The summed E-state index contributed by atoms with van der Waals surface area (Å²) in [5.41, 5.74) is 0. The third-order valence-corrected chi connectivity index (χ3v) is 3.55. The standard InChI is InChI=1S/C12H21N3O3/c1-13-11(16)10-9-18-8-7-15(10)12(17)14-5-3-2-4-6-14/h10H,2-9H2,1H3,(H,13,16). The van der Waals surface area contributed by atoms with E-state index in [9.17, 15) is 9.59 Å². The molecule has 0 bridgehead atoms. The van der Waals surface area contributed by atoms with E-state index in [0.717, 1.165) is 25.9 Å². The van der Waals surface area contributed by atoms with E-state index in [2.05, 4.69) is 5.32 Å². The van der Waals surface area contributed by atoms with Gasteiger partial charge in [0.15, 0.2) is 0 Å². The number of morpholine rings is 1. The van der Waals surface area contributed by atoms with E-state index in [-0.39, 0.29) is 11.9 Å². The summed E-state index contributed by atoms with van der Waals surface area (Å²) < 4.78 is 5.30. The van der Waals surface area contributed by atoms with Crippen LogP contribution in [0.5, 0.6) is 0 Å². The smallest absolute Gasteiger partial charge is 0.320 e. The summed E-state index contributed by atoms with van der Waals surface area (Å²) in [7, 11) is 1.58. The number of nitrogens with zero attached hydrogens (tertiary/aromatic N) is 2. The van der Waals surface area contributed by atoms with Gasteiger partial charge in [0.2, 0.25) is 5.91 Å². The second-order valence-electron chi connectivity index (χ2n) is 4.73. The molecule has 2 rings (SSSR count). The summed E-state index contributed by atoms with van der Waals surface area (Å²) in [4.78, 5) is 27.7. The van der Waals surface area contributed by atoms with Crippen molar-refractivity contribution in [2.24, 2.45) is 0 Å². The molecular formula is C12H21N3O3. The minimum Gasteiger partial charge on any atom is -0.377 e. The molecular weight excluding hydrogens is 234 g/mol. The van der Waals surface area contributed by atoms with Crippen LogP contribution in [0.3, 0.4) is 0 Å². The number of hydrogen-bond donors (Lipinski definition) is 1. The molecule has 1 unspecified atom stereocenters. The van der Waals surface area contributed by atoms with Gasteiger partial charge < -0.3 is 19.9 Å². The summed E-state index contributed by atoms with van der Waals surface area (Å²) in [5.74, 6) is -0.153. The Bertz CT molecular complexity index is 316. The van der Waals surface area contributed by atoms with Crippen LogP contribution in [-0.2, 0) is 9.53 Å². The summed E-state index contributed by atoms with van der Waals surface area (Å²) >= 11 is 0. The highest BCUT2D eigenvalue weighted by Gasteiger charge is 2.34. The molecule has 3 amide bonds. The Kier molecular flexibility index (Phi) is 4.41.